The molecule has 1 unspecified atom stereocenters. The number of hydrogen-bond acceptors (Lipinski definition) is 6. The number of hydrogen-bond donors (Lipinski definition) is 1. The smallest absolute Gasteiger partial charge is 0.389 e. The maximum Gasteiger partial charge on any atom is 0.437 e. The number of halogens is 2. The van der Waals surface area contributed by atoms with Crippen molar-refractivity contribution in [1.82, 2.24) is 9.78 Å². The zero-order valence-corrected chi connectivity index (χ0v) is 17.0. The molecule has 6 nitrogen and oxygen atoms in total. The van der Waals surface area contributed by atoms with Gasteiger partial charge >= 0.3 is 5.76 Å². The molecule has 0 amide bonds. The molecule has 0 fully saturated rings. The molecule has 160 valence electrons. The largest absolute Gasteiger partial charge is 0.437 e. The Labute approximate surface area is 180 Å². The number of aliphatic hydroxyl groups is 1. The van der Waals surface area contributed by atoms with E-state index in [0.717, 1.165) is 4.68 Å². The van der Waals surface area contributed by atoms with E-state index >= 15 is 0 Å². The lowest BCUT2D eigenvalue weighted by molar-refractivity contribution is -0.00262. The van der Waals surface area contributed by atoms with Crippen molar-refractivity contribution < 1.29 is 23.0 Å². The van der Waals surface area contributed by atoms with E-state index in [-0.39, 0.29) is 19.0 Å². The zero-order chi connectivity index (χ0) is 21.8. The maximum atomic E-state index is 13.3. The van der Waals surface area contributed by atoms with Gasteiger partial charge in [0.15, 0.2) is 0 Å². The lowest BCUT2D eigenvalue weighted by Crippen LogP contribution is -2.28. The fraction of sp³-hybridized carbons (Fsp3) is 0.182. The number of aromatic nitrogens is 2. The van der Waals surface area contributed by atoms with Crippen molar-refractivity contribution in [3.8, 4) is 10.8 Å². The number of benzene rings is 2. The lowest BCUT2D eigenvalue weighted by atomic mass is 10.0. The number of thiophene rings is 1. The Morgan fingerprint density at radius 1 is 1.03 bits per heavy atom. The van der Waals surface area contributed by atoms with Crippen molar-refractivity contribution in [3.05, 3.63) is 99.4 Å². The Morgan fingerprint density at radius 3 is 2.19 bits per heavy atom. The van der Waals surface area contributed by atoms with Crippen LogP contribution in [0.2, 0.25) is 0 Å². The highest BCUT2D eigenvalue weighted by atomic mass is 32.1. The minimum absolute atomic E-state index is 0.132. The highest BCUT2D eigenvalue weighted by Crippen LogP contribution is 2.27. The van der Waals surface area contributed by atoms with Crippen LogP contribution in [-0.4, -0.2) is 27.6 Å². The highest BCUT2D eigenvalue weighted by Gasteiger charge is 2.19. The van der Waals surface area contributed by atoms with Crippen molar-refractivity contribution in [3.63, 3.8) is 0 Å². The Kier molecular flexibility index (Phi) is 6.36. The third kappa shape index (κ3) is 5.13. The number of aliphatic hydroxyl groups excluding tert-OH is 1. The van der Waals surface area contributed by atoms with Crippen LogP contribution >= 0.6 is 11.3 Å². The number of nitrogens with zero attached hydrogens (tertiary/aromatic N) is 2. The van der Waals surface area contributed by atoms with E-state index in [1.54, 1.807) is 30.3 Å². The fourth-order valence-electron chi connectivity index (χ4n) is 3.04. The van der Waals surface area contributed by atoms with Crippen molar-refractivity contribution in [1.29, 1.82) is 0 Å². The van der Waals surface area contributed by atoms with Crippen LogP contribution in [0, 0.1) is 11.6 Å². The Balaban J connectivity index is 1.47. The summed E-state index contributed by atoms with van der Waals surface area (Å²) in [7, 11) is 0. The van der Waals surface area contributed by atoms with Gasteiger partial charge in [0.2, 0.25) is 0 Å². The molecule has 0 bridgehead atoms. The highest BCUT2D eigenvalue weighted by molar-refractivity contribution is 7.13. The lowest BCUT2D eigenvalue weighted by Gasteiger charge is -2.21. The van der Waals surface area contributed by atoms with Gasteiger partial charge in [-0.15, -0.1) is 16.4 Å². The van der Waals surface area contributed by atoms with Gasteiger partial charge < -0.3 is 14.3 Å². The average molecular weight is 444 g/mol. The Hall–Kier alpha value is -3.14. The molecule has 1 atom stereocenters. The van der Waals surface area contributed by atoms with E-state index in [0.29, 0.717) is 16.0 Å². The third-order valence-corrected chi connectivity index (χ3v) is 5.38. The van der Waals surface area contributed by atoms with Crippen molar-refractivity contribution >= 4 is 11.3 Å². The first kappa shape index (κ1) is 21.1. The first-order valence-electron chi connectivity index (χ1n) is 9.42. The summed E-state index contributed by atoms with van der Waals surface area (Å²) in [5.74, 6) is -1.29. The molecule has 2 heterocycles. The summed E-state index contributed by atoms with van der Waals surface area (Å²) < 4.78 is 38.7. The molecule has 4 aromatic rings. The molecule has 0 saturated carbocycles. The second-order valence-electron chi connectivity index (χ2n) is 6.80. The molecule has 4 rings (SSSR count). The van der Waals surface area contributed by atoms with Gasteiger partial charge in [-0.3, -0.25) is 0 Å². The predicted molar refractivity (Wildman–Crippen MR) is 111 cm³/mol. The third-order valence-electron chi connectivity index (χ3n) is 4.52. The molecule has 0 radical (unpaired) electrons. The predicted octanol–water partition coefficient (Wildman–Crippen LogP) is 4.01. The molecule has 31 heavy (non-hydrogen) atoms. The van der Waals surface area contributed by atoms with Crippen molar-refractivity contribution in [2.24, 2.45) is 0 Å². The quantitative estimate of drug-likeness (QED) is 0.444. The van der Waals surface area contributed by atoms with Gasteiger partial charge in [-0.1, -0.05) is 30.3 Å². The normalized spacial score (nSPS) is 12.4. The van der Waals surface area contributed by atoms with Crippen LogP contribution in [-0.2, 0) is 11.3 Å². The number of ether oxygens (including phenoxy) is 1. The van der Waals surface area contributed by atoms with E-state index in [1.807, 2.05) is 11.4 Å². The summed E-state index contributed by atoms with van der Waals surface area (Å²) >= 11 is 1.38. The van der Waals surface area contributed by atoms with Gasteiger partial charge in [-0.2, -0.15) is 4.68 Å². The summed E-state index contributed by atoms with van der Waals surface area (Å²) in [5, 5.41) is 16.4. The van der Waals surface area contributed by atoms with E-state index in [4.69, 9.17) is 9.15 Å². The Morgan fingerprint density at radius 2 is 1.65 bits per heavy atom. The molecule has 0 aliphatic rings. The minimum atomic E-state index is -1.07. The molecule has 2 aromatic carbocycles. The van der Waals surface area contributed by atoms with Crippen LogP contribution in [0.1, 0.15) is 17.2 Å². The number of rotatable bonds is 8. The van der Waals surface area contributed by atoms with Gasteiger partial charge in [0.25, 0.3) is 5.89 Å². The summed E-state index contributed by atoms with van der Waals surface area (Å²) in [6, 6.07) is 15.0. The van der Waals surface area contributed by atoms with Crippen molar-refractivity contribution in [2.45, 2.75) is 18.8 Å². The van der Waals surface area contributed by atoms with Gasteiger partial charge in [-0.05, 0) is 46.8 Å². The van der Waals surface area contributed by atoms with Crippen LogP contribution in [0.15, 0.2) is 75.3 Å². The van der Waals surface area contributed by atoms with Crippen molar-refractivity contribution in [2.75, 3.05) is 6.61 Å². The topological polar surface area (TPSA) is 77.5 Å². The fourth-order valence-corrected chi connectivity index (χ4v) is 3.69. The molecule has 0 spiro atoms. The van der Waals surface area contributed by atoms with Gasteiger partial charge in [0.05, 0.1) is 24.1 Å². The average Bonchev–Trinajstić information content (AvgIpc) is 3.41. The molecule has 1 N–H and O–H groups in total. The second-order valence-corrected chi connectivity index (χ2v) is 7.75. The SMILES string of the molecule is O=c1oc(-c2cccs2)nn1CC(O)COC(c1ccc(F)cc1)c1ccc(F)cc1. The van der Waals surface area contributed by atoms with Gasteiger partial charge in [0, 0.05) is 0 Å². The van der Waals surface area contributed by atoms with Gasteiger partial charge in [-0.25, -0.2) is 13.6 Å². The molecule has 0 aliphatic carbocycles. The molecule has 0 aliphatic heterocycles. The van der Waals surface area contributed by atoms with E-state index in [9.17, 15) is 18.7 Å². The summed E-state index contributed by atoms with van der Waals surface area (Å²) in [5.41, 5.74) is 1.28. The Bertz CT molecular complexity index is 1130. The standard InChI is InChI=1S/C22H18F2N2O4S/c23-16-7-3-14(4-8-16)20(15-5-9-17(24)10-6-15)29-13-18(27)12-26-22(28)30-21(25-26)19-2-1-11-31-19/h1-11,18,20,27H,12-13H2. The minimum Gasteiger partial charge on any atom is -0.389 e. The van der Waals surface area contributed by atoms with Crippen LogP contribution in [0.4, 0.5) is 8.78 Å². The first-order valence-corrected chi connectivity index (χ1v) is 10.3. The summed E-state index contributed by atoms with van der Waals surface area (Å²) in [6.07, 6.45) is -1.73. The zero-order valence-electron chi connectivity index (χ0n) is 16.2. The second kappa shape index (κ2) is 9.34. The van der Waals surface area contributed by atoms with Crippen LogP contribution in [0.25, 0.3) is 10.8 Å². The van der Waals surface area contributed by atoms with E-state index in [2.05, 4.69) is 5.10 Å². The maximum absolute atomic E-state index is 13.3. The van der Waals surface area contributed by atoms with Gasteiger partial charge in [0.1, 0.15) is 17.7 Å². The summed E-state index contributed by atoms with van der Waals surface area (Å²) in [6.45, 7) is -0.277. The molecular weight excluding hydrogens is 426 g/mol. The molecule has 2 aromatic heterocycles. The molecular formula is C22H18F2N2O4S. The molecule has 9 heteroatoms. The summed E-state index contributed by atoms with van der Waals surface area (Å²) in [4.78, 5) is 12.7. The van der Waals surface area contributed by atoms with Crippen LogP contribution in [0.3, 0.4) is 0 Å². The molecule has 0 saturated heterocycles. The first-order chi connectivity index (χ1) is 15.0. The van der Waals surface area contributed by atoms with E-state index < -0.39 is 29.6 Å². The monoisotopic (exact) mass is 444 g/mol. The van der Waals surface area contributed by atoms with Crippen LogP contribution < -0.4 is 5.76 Å². The van der Waals surface area contributed by atoms with E-state index in [1.165, 1.54) is 35.6 Å². The van der Waals surface area contributed by atoms with Crippen LogP contribution in [0.5, 0.6) is 0 Å².